The third-order valence-electron chi connectivity index (χ3n) is 16.3. The summed E-state index contributed by atoms with van der Waals surface area (Å²) in [6, 6.07) is 84.2. The minimum Gasteiger partial charge on any atom is -0.451 e. The van der Waals surface area contributed by atoms with Crippen LogP contribution in [0.5, 0.6) is 0 Å². The van der Waals surface area contributed by atoms with Crippen LogP contribution in [-0.2, 0) is 29.3 Å². The predicted molar refractivity (Wildman–Crippen MR) is 633 cm³/mol. The lowest BCUT2D eigenvalue weighted by atomic mass is 9.69. The lowest BCUT2D eigenvalue weighted by molar-refractivity contribution is -0.191. The van der Waals surface area contributed by atoms with Crippen molar-refractivity contribution in [2.45, 2.75) is 449 Å². The molecule has 0 radical (unpaired) electrons. The normalized spacial score (nSPS) is 9.04. The Morgan fingerprint density at radius 3 is 0.371 bits per heavy atom. The van der Waals surface area contributed by atoms with Gasteiger partial charge in [-0.3, -0.25) is 4.89 Å². The van der Waals surface area contributed by atoms with Gasteiger partial charge in [0.25, 0.3) is 20.7 Å². The van der Waals surface area contributed by atoms with Gasteiger partial charge in [-0.1, -0.05) is 631 Å². The Labute approximate surface area is 872 Å². The number of rotatable bonds is 14. The molecule has 0 amide bonds. The zero-order valence-corrected chi connectivity index (χ0v) is 99.2. The van der Waals surface area contributed by atoms with Crippen molar-refractivity contribution in [3.05, 3.63) is 287 Å². The van der Waals surface area contributed by atoms with Gasteiger partial charge in [0, 0.05) is 0 Å². The van der Waals surface area contributed by atoms with Crippen LogP contribution in [0.2, 0.25) is 52.1 Å². The zero-order valence-electron chi connectivity index (χ0n) is 97.4. The highest BCUT2D eigenvalue weighted by atomic mass is 32.2. The standard InChI is InChI=1S/8C9H12.C7H14.3C3H9BO.6C3H8.2C2H7BO2.3C2H6.CO2.CH4.HO3P.O3S/c8*1-8(2)9-6-4-3-5-7-9;1-6(2)7-4-3-5-7;3*1-3-4(2)5;6*1-3-2;2*1-2-3(4)5;3*1-2;2-1-3;;2*1-4(2)3/h8*3-8H,1-2H3;6-7H,3-5H2,1-2H3;3*5H,3H2,1-2H3;6*3H2,1-2H3;2*4-5H,2H2,1H3;3*1-2H3;;1H4;(H,1,2,3);. The van der Waals surface area contributed by atoms with Crippen molar-refractivity contribution in [2.75, 3.05) is 0 Å². The molecule has 8 N–H and O–H groups in total. The quantitative estimate of drug-likeness (QED) is 0.0371. The van der Waals surface area contributed by atoms with E-state index in [0.29, 0.717) is 60.0 Å². The van der Waals surface area contributed by atoms with Crippen LogP contribution in [0.1, 0.15) is 441 Å². The van der Waals surface area contributed by atoms with E-state index in [2.05, 4.69) is 402 Å². The summed E-state index contributed by atoms with van der Waals surface area (Å²) in [5, 5.41) is 56.7. The van der Waals surface area contributed by atoms with Crippen molar-refractivity contribution in [2.24, 2.45) is 11.8 Å². The van der Waals surface area contributed by atoms with Crippen LogP contribution in [0.15, 0.2) is 243 Å². The second kappa shape index (κ2) is 149. The lowest BCUT2D eigenvalue weighted by Crippen LogP contribution is -2.16. The average Bonchev–Trinajstić information content (AvgIpc) is 0.903. The second-order valence-corrected chi connectivity index (χ2v) is 34.7. The number of hydrogen-bond donors (Lipinski definition) is 8. The molecule has 0 spiro atoms. The Bertz CT molecular complexity index is 2990. The van der Waals surface area contributed by atoms with Gasteiger partial charge in [0.1, 0.15) is 0 Å². The Kier molecular flexibility index (Phi) is 187. The fourth-order valence-corrected chi connectivity index (χ4v) is 7.81. The smallest absolute Gasteiger partial charge is 0.451 e. The number of hydrogen-bond acceptors (Lipinski definition) is 14. The SMILES string of the molecule is C.CC.CC.CC.CC(C)C1CCC1.CC(C)c1ccccc1.CC(C)c1ccccc1.CC(C)c1ccccc1.CC(C)c1ccccc1.CC(C)c1ccccc1.CC(C)c1ccccc1.CC(C)c1ccccc1.CC(C)c1ccccc1.CCB(C)O.CCB(C)O.CCB(C)O.CCB(O)O.CCB(O)O.CCC.CCC.CCC.CCC.CCC.CCC.O=C=O.O=P(=O)O.O=S(=O)=O. The zero-order chi connectivity index (χ0) is 112. The lowest BCUT2D eigenvalue weighted by Gasteiger charge is -2.28. The molecule has 1 saturated carbocycles. The molecule has 0 aromatic heterocycles. The van der Waals surface area contributed by atoms with E-state index in [-0.39, 0.29) is 34.3 Å². The highest BCUT2D eigenvalue weighted by Crippen LogP contribution is 2.32. The summed E-state index contributed by atoms with van der Waals surface area (Å²) < 4.78 is 42.5. The van der Waals surface area contributed by atoms with E-state index in [1.54, 1.807) is 34.3 Å². The average molecular weight is 2000 g/mol. The Hall–Kier alpha value is -7.34. The van der Waals surface area contributed by atoms with Gasteiger partial charge in [-0.2, -0.15) is 9.59 Å². The van der Waals surface area contributed by atoms with E-state index in [0.717, 1.165) is 30.8 Å². The fraction of sp³-hybridized carbons (Fsp3) is 0.585. The molecule has 0 heterocycles. The van der Waals surface area contributed by atoms with Crippen molar-refractivity contribution in [1.29, 1.82) is 0 Å². The molecule has 0 unspecified atom stereocenters. The van der Waals surface area contributed by atoms with E-state index in [1.807, 2.05) is 111 Å². The first-order valence-electron chi connectivity index (χ1n) is 52.2. The van der Waals surface area contributed by atoms with Crippen molar-refractivity contribution in [3.63, 3.8) is 0 Å². The number of carbonyl (C=O) groups excluding carboxylic acids is 2. The molecule has 15 nitrogen and oxygen atoms in total. The Balaban J connectivity index is -0.0000000700. The van der Waals surface area contributed by atoms with E-state index >= 15 is 0 Å². The molecule has 1 fully saturated rings. The van der Waals surface area contributed by atoms with Gasteiger partial charge in [0.2, 0.25) is 0 Å². The third kappa shape index (κ3) is 186. The van der Waals surface area contributed by atoms with Crippen LogP contribution in [-0.4, -0.2) is 93.8 Å². The van der Waals surface area contributed by atoms with Crippen LogP contribution < -0.4 is 0 Å². The van der Waals surface area contributed by atoms with E-state index in [9.17, 15) is 0 Å². The molecule has 8 aromatic rings. The summed E-state index contributed by atoms with van der Waals surface area (Å²) in [7, 11) is -8.46. The number of benzene rings is 8. The minimum absolute atomic E-state index is 0. The van der Waals surface area contributed by atoms with E-state index in [4.69, 9.17) is 71.4 Å². The van der Waals surface area contributed by atoms with Crippen LogP contribution in [0.25, 0.3) is 0 Å². The van der Waals surface area contributed by atoms with Crippen LogP contribution in [0.4, 0.5) is 0 Å². The monoisotopic (exact) mass is 2000 g/mol. The first-order valence-corrected chi connectivity index (χ1v) is 54.3. The van der Waals surface area contributed by atoms with E-state index in [1.165, 1.54) is 102 Å². The summed E-state index contributed by atoms with van der Waals surface area (Å²) in [6.07, 6.45) is 15.7. The maximum atomic E-state index is 8.59. The van der Waals surface area contributed by atoms with Crippen molar-refractivity contribution < 1.29 is 71.4 Å². The minimum atomic E-state index is -3.12. The van der Waals surface area contributed by atoms with Gasteiger partial charge >= 0.3 is 38.9 Å². The summed E-state index contributed by atoms with van der Waals surface area (Å²) in [5.74, 6) is 7.30. The summed E-state index contributed by atoms with van der Waals surface area (Å²) >= 11 is 0. The van der Waals surface area contributed by atoms with Crippen molar-refractivity contribution in [3.8, 4) is 0 Å². The van der Waals surface area contributed by atoms with Gasteiger partial charge in [0.05, 0.1) is 0 Å². The third-order valence-corrected chi connectivity index (χ3v) is 16.3. The van der Waals surface area contributed by atoms with Crippen molar-refractivity contribution in [1.82, 2.24) is 0 Å². The molecule has 810 valence electrons. The highest BCUT2D eigenvalue weighted by molar-refractivity contribution is 7.59. The highest BCUT2D eigenvalue weighted by Gasteiger charge is 2.20. The second-order valence-electron chi connectivity index (χ2n) is 33.8. The summed E-state index contributed by atoms with van der Waals surface area (Å²) in [5.41, 5.74) is 11.3. The van der Waals surface area contributed by atoms with Gasteiger partial charge in [-0.05, 0) is 116 Å². The molecule has 140 heavy (non-hydrogen) atoms. The van der Waals surface area contributed by atoms with Crippen LogP contribution in [0.3, 0.4) is 0 Å². The largest absolute Gasteiger partial charge is 0.465 e. The molecule has 0 saturated heterocycles. The molecule has 0 atom stereocenters. The molecule has 1 aliphatic rings. The molecule has 9 rings (SSSR count). The van der Waals surface area contributed by atoms with E-state index < -0.39 is 32.8 Å². The summed E-state index contributed by atoms with van der Waals surface area (Å²) in [4.78, 5) is 23.3. The predicted octanol–water partition coefficient (Wildman–Crippen LogP) is 36.4. The maximum Gasteiger partial charge on any atom is 0.465 e. The van der Waals surface area contributed by atoms with Crippen LogP contribution in [0, 0.1) is 11.8 Å². The van der Waals surface area contributed by atoms with Gasteiger partial charge < -0.3 is 35.2 Å². The maximum absolute atomic E-state index is 8.59. The first-order chi connectivity index (χ1) is 65.5. The molecule has 1 aliphatic carbocycles. The van der Waals surface area contributed by atoms with Gasteiger partial charge in [-0.15, -0.1) is 12.6 Å². The molecule has 0 aliphatic heterocycles. The Morgan fingerprint density at radius 1 is 0.271 bits per heavy atom. The summed E-state index contributed by atoms with van der Waals surface area (Å²) in [6.45, 7) is 91.6. The van der Waals surface area contributed by atoms with Gasteiger partial charge in [-0.25, -0.2) is 9.13 Å². The molecule has 0 bridgehead atoms. The van der Waals surface area contributed by atoms with Crippen molar-refractivity contribution >= 4 is 59.7 Å². The van der Waals surface area contributed by atoms with Gasteiger partial charge in [0.15, 0.2) is 0 Å². The molecule has 22 heteroatoms. The fourth-order valence-electron chi connectivity index (χ4n) is 7.81. The molecular weight excluding hydrogens is 1770 g/mol. The molecule has 8 aromatic carbocycles. The molecular formula is C118H222B5O15PS. The topological polar surface area (TPSA) is 281 Å². The Morgan fingerprint density at radius 2 is 0.350 bits per heavy atom. The first kappa shape index (κ1) is 175. The van der Waals surface area contributed by atoms with Crippen LogP contribution >= 0.6 is 7.91 Å².